The van der Waals surface area contributed by atoms with Crippen LogP contribution in [0.5, 0.6) is 0 Å². The standard InChI is InChI=1S/C23H38N2O6/c1-15(6-7-16(2)26)12-22(30)25-21(11-9-18(4)28)14-23(31)24-20(13-19(5)29)10-8-17(3)27/h15,20-21H,6-14H2,1-5H3,(H,24,31)(H,25,30). The molecule has 0 aliphatic heterocycles. The molecular formula is C23H38N2O6. The van der Waals surface area contributed by atoms with Gasteiger partial charge >= 0.3 is 0 Å². The molecule has 0 saturated heterocycles. The third-order valence-electron chi connectivity index (χ3n) is 4.91. The molecule has 0 aromatic rings. The van der Waals surface area contributed by atoms with Crippen LogP contribution in [0.2, 0.25) is 0 Å². The zero-order chi connectivity index (χ0) is 24.0. The lowest BCUT2D eigenvalue weighted by atomic mass is 9.99. The second-order valence-corrected chi connectivity index (χ2v) is 8.67. The highest BCUT2D eigenvalue weighted by molar-refractivity contribution is 5.82. The summed E-state index contributed by atoms with van der Waals surface area (Å²) in [5, 5.41) is 5.61. The van der Waals surface area contributed by atoms with Gasteiger partial charge in [0, 0.05) is 50.6 Å². The first-order chi connectivity index (χ1) is 14.4. The molecule has 0 aromatic heterocycles. The van der Waals surface area contributed by atoms with Gasteiger partial charge < -0.3 is 25.0 Å². The van der Waals surface area contributed by atoms with Gasteiger partial charge in [-0.1, -0.05) is 6.92 Å². The van der Waals surface area contributed by atoms with Crippen molar-refractivity contribution in [3.63, 3.8) is 0 Å². The molecule has 0 aromatic carbocycles. The van der Waals surface area contributed by atoms with Crippen LogP contribution in [0.25, 0.3) is 0 Å². The van der Waals surface area contributed by atoms with E-state index < -0.39 is 12.1 Å². The van der Waals surface area contributed by atoms with Crippen LogP contribution in [0.3, 0.4) is 0 Å². The molecule has 2 N–H and O–H groups in total. The lowest BCUT2D eigenvalue weighted by Gasteiger charge is -2.22. The van der Waals surface area contributed by atoms with Crippen LogP contribution in [0.15, 0.2) is 0 Å². The van der Waals surface area contributed by atoms with Crippen molar-refractivity contribution in [2.24, 2.45) is 5.92 Å². The molecule has 0 radical (unpaired) electrons. The van der Waals surface area contributed by atoms with E-state index in [1.807, 2.05) is 6.92 Å². The molecule has 31 heavy (non-hydrogen) atoms. The van der Waals surface area contributed by atoms with E-state index in [0.717, 1.165) is 0 Å². The maximum absolute atomic E-state index is 12.5. The number of hydrogen-bond donors (Lipinski definition) is 2. The lowest BCUT2D eigenvalue weighted by molar-refractivity contribution is -0.126. The van der Waals surface area contributed by atoms with E-state index in [0.29, 0.717) is 25.7 Å². The van der Waals surface area contributed by atoms with Gasteiger partial charge in [-0.25, -0.2) is 0 Å². The Bertz CT molecular complexity index is 658. The van der Waals surface area contributed by atoms with E-state index >= 15 is 0 Å². The van der Waals surface area contributed by atoms with Crippen LogP contribution in [-0.4, -0.2) is 47.0 Å². The first kappa shape index (κ1) is 28.6. The van der Waals surface area contributed by atoms with Gasteiger partial charge in [0.1, 0.15) is 23.1 Å². The van der Waals surface area contributed by atoms with Gasteiger partial charge in [0.05, 0.1) is 0 Å². The minimum Gasteiger partial charge on any atom is -0.353 e. The van der Waals surface area contributed by atoms with Crippen molar-refractivity contribution in [1.29, 1.82) is 0 Å². The molecule has 0 heterocycles. The number of carbonyl (C=O) groups is 6. The molecule has 0 spiro atoms. The Morgan fingerprint density at radius 2 is 0.935 bits per heavy atom. The molecule has 3 unspecified atom stereocenters. The molecule has 0 saturated carbocycles. The highest BCUT2D eigenvalue weighted by Gasteiger charge is 2.21. The van der Waals surface area contributed by atoms with Crippen LogP contribution in [-0.2, 0) is 28.8 Å². The highest BCUT2D eigenvalue weighted by atomic mass is 16.2. The summed E-state index contributed by atoms with van der Waals surface area (Å²) in [5.74, 6) is -0.609. The largest absolute Gasteiger partial charge is 0.353 e. The SMILES string of the molecule is CC(=O)CCC(C)CC(=O)NC(CCC(C)=O)CC(=O)NC(CCC(C)=O)CC(C)=O. The summed E-state index contributed by atoms with van der Waals surface area (Å²) in [6.45, 7) is 7.74. The third-order valence-corrected chi connectivity index (χ3v) is 4.91. The Morgan fingerprint density at radius 1 is 0.548 bits per heavy atom. The quantitative estimate of drug-likeness (QED) is 0.359. The number of rotatable bonds is 17. The number of carbonyl (C=O) groups excluding carboxylic acids is 6. The van der Waals surface area contributed by atoms with E-state index in [1.54, 1.807) is 0 Å². The van der Waals surface area contributed by atoms with Gasteiger partial charge in [-0.2, -0.15) is 0 Å². The second-order valence-electron chi connectivity index (χ2n) is 8.67. The monoisotopic (exact) mass is 438 g/mol. The van der Waals surface area contributed by atoms with Crippen LogP contribution >= 0.6 is 0 Å². The summed E-state index contributed by atoms with van der Waals surface area (Å²) in [6, 6.07) is -0.952. The van der Waals surface area contributed by atoms with Gasteiger partial charge in [0.2, 0.25) is 11.8 Å². The van der Waals surface area contributed by atoms with Crippen molar-refractivity contribution < 1.29 is 28.8 Å². The van der Waals surface area contributed by atoms with Crippen molar-refractivity contribution in [3.8, 4) is 0 Å². The number of Topliss-reactive ketones (excluding diaryl/α,β-unsaturated/α-hetero) is 4. The first-order valence-electron chi connectivity index (χ1n) is 11.0. The summed E-state index contributed by atoms with van der Waals surface area (Å²) >= 11 is 0. The number of hydrogen-bond acceptors (Lipinski definition) is 6. The van der Waals surface area contributed by atoms with Gasteiger partial charge in [0.25, 0.3) is 0 Å². The molecule has 0 rings (SSSR count). The van der Waals surface area contributed by atoms with Crippen LogP contribution < -0.4 is 10.6 Å². The van der Waals surface area contributed by atoms with E-state index in [1.165, 1.54) is 27.7 Å². The molecule has 8 heteroatoms. The molecular weight excluding hydrogens is 400 g/mol. The molecule has 8 nitrogen and oxygen atoms in total. The second kappa shape index (κ2) is 15.4. The predicted octanol–water partition coefficient (Wildman–Crippen LogP) is 2.46. The van der Waals surface area contributed by atoms with Gasteiger partial charge in [-0.05, 0) is 52.9 Å². The van der Waals surface area contributed by atoms with E-state index in [9.17, 15) is 28.8 Å². The van der Waals surface area contributed by atoms with E-state index in [2.05, 4.69) is 10.6 Å². The fourth-order valence-corrected chi connectivity index (χ4v) is 3.22. The molecule has 3 atom stereocenters. The van der Waals surface area contributed by atoms with Crippen molar-refractivity contribution in [2.75, 3.05) is 0 Å². The summed E-state index contributed by atoms with van der Waals surface area (Å²) in [5.41, 5.74) is 0. The lowest BCUT2D eigenvalue weighted by Crippen LogP contribution is -2.43. The molecule has 0 aliphatic rings. The number of nitrogens with one attached hydrogen (secondary N) is 2. The van der Waals surface area contributed by atoms with E-state index in [-0.39, 0.29) is 73.0 Å². The minimum absolute atomic E-state index is 0.0185. The summed E-state index contributed by atoms with van der Waals surface area (Å²) < 4.78 is 0. The number of ketones is 4. The first-order valence-corrected chi connectivity index (χ1v) is 11.0. The fraction of sp³-hybridized carbons (Fsp3) is 0.739. The number of amides is 2. The molecule has 2 amide bonds. The van der Waals surface area contributed by atoms with Crippen molar-refractivity contribution >= 4 is 34.9 Å². The van der Waals surface area contributed by atoms with Crippen LogP contribution in [0, 0.1) is 5.92 Å². The normalized spacial score (nSPS) is 13.6. The molecule has 0 fully saturated rings. The third kappa shape index (κ3) is 17.0. The van der Waals surface area contributed by atoms with Crippen molar-refractivity contribution in [1.82, 2.24) is 10.6 Å². The van der Waals surface area contributed by atoms with Crippen LogP contribution in [0.4, 0.5) is 0 Å². The summed E-state index contributed by atoms with van der Waals surface area (Å²) in [7, 11) is 0. The summed E-state index contributed by atoms with van der Waals surface area (Å²) in [4.78, 5) is 70.1. The van der Waals surface area contributed by atoms with Gasteiger partial charge in [0.15, 0.2) is 0 Å². The predicted molar refractivity (Wildman–Crippen MR) is 117 cm³/mol. The van der Waals surface area contributed by atoms with Gasteiger partial charge in [-0.15, -0.1) is 0 Å². The molecule has 176 valence electrons. The molecule has 0 bridgehead atoms. The van der Waals surface area contributed by atoms with Gasteiger partial charge in [-0.3, -0.25) is 14.4 Å². The van der Waals surface area contributed by atoms with E-state index in [4.69, 9.17) is 0 Å². The molecule has 0 aliphatic carbocycles. The fourth-order valence-electron chi connectivity index (χ4n) is 3.22. The Morgan fingerprint density at radius 3 is 1.35 bits per heavy atom. The average Bonchev–Trinajstić information content (AvgIpc) is 2.61. The zero-order valence-corrected chi connectivity index (χ0v) is 19.5. The Balaban J connectivity index is 4.90. The van der Waals surface area contributed by atoms with Crippen molar-refractivity contribution in [2.45, 2.75) is 104 Å². The zero-order valence-electron chi connectivity index (χ0n) is 19.5. The van der Waals surface area contributed by atoms with Crippen LogP contribution in [0.1, 0.15) is 92.4 Å². The maximum Gasteiger partial charge on any atom is 0.222 e. The summed E-state index contributed by atoms with van der Waals surface area (Å²) in [6.07, 6.45) is 2.59. The smallest absolute Gasteiger partial charge is 0.222 e. The highest BCUT2D eigenvalue weighted by Crippen LogP contribution is 2.12. The Kier molecular flexibility index (Phi) is 14.2. The Labute approximate surface area is 185 Å². The maximum atomic E-state index is 12.5. The Hall–Kier alpha value is -2.38. The van der Waals surface area contributed by atoms with Crippen molar-refractivity contribution in [3.05, 3.63) is 0 Å². The topological polar surface area (TPSA) is 126 Å². The minimum atomic E-state index is -0.512. The average molecular weight is 439 g/mol.